The Morgan fingerprint density at radius 1 is 1.53 bits per heavy atom. The van der Waals surface area contributed by atoms with Gasteiger partial charge < -0.3 is 4.90 Å². The van der Waals surface area contributed by atoms with Crippen LogP contribution in [0, 0.1) is 0 Å². The number of hydrogen-bond acceptors (Lipinski definition) is 4. The Kier molecular flexibility index (Phi) is 3.62. The van der Waals surface area contributed by atoms with Crippen molar-refractivity contribution in [3.63, 3.8) is 0 Å². The van der Waals surface area contributed by atoms with Crippen LogP contribution in [0.1, 0.15) is 12.8 Å². The molecule has 1 aliphatic rings. The number of nitrogens with one attached hydrogen (secondary N) is 1. The minimum atomic E-state index is -0.312. The maximum atomic E-state index is 11.4. The van der Waals surface area contributed by atoms with E-state index in [2.05, 4.69) is 0 Å². The monoisotopic (exact) mass is 214 g/mol. The zero-order valence-electron chi connectivity index (χ0n) is 8.52. The van der Waals surface area contributed by atoms with Crippen LogP contribution in [0.3, 0.4) is 0 Å². The van der Waals surface area contributed by atoms with Crippen LogP contribution in [0.5, 0.6) is 0 Å². The minimum absolute atomic E-state index is 0.113. The molecule has 1 fully saturated rings. The predicted molar refractivity (Wildman–Crippen MR) is 51.3 cm³/mol. The van der Waals surface area contributed by atoms with E-state index in [9.17, 15) is 14.4 Å². The predicted octanol–water partition coefficient (Wildman–Crippen LogP) is -1.35. The van der Waals surface area contributed by atoms with Crippen LogP contribution in [0.25, 0.3) is 0 Å². The Balaban J connectivity index is 2.36. The average molecular weight is 214 g/mol. The molecular formula is C8H14N4O3. The largest absolute Gasteiger partial charge is 0.326 e. The fourth-order valence-electron chi connectivity index (χ4n) is 1.36. The van der Waals surface area contributed by atoms with E-state index in [1.807, 2.05) is 5.43 Å². The van der Waals surface area contributed by atoms with Crippen LogP contribution in [-0.2, 0) is 9.59 Å². The lowest BCUT2D eigenvalue weighted by Gasteiger charge is -2.13. The summed E-state index contributed by atoms with van der Waals surface area (Å²) < 4.78 is 0. The van der Waals surface area contributed by atoms with Crippen molar-refractivity contribution in [1.82, 2.24) is 15.2 Å². The third kappa shape index (κ3) is 2.66. The number of carbonyl (C=O) groups excluding carboxylic acids is 3. The molecule has 0 aromatic heterocycles. The Bertz CT molecular complexity index is 292. The van der Waals surface area contributed by atoms with Crippen molar-refractivity contribution >= 4 is 17.8 Å². The van der Waals surface area contributed by atoms with E-state index in [0.29, 0.717) is 6.42 Å². The number of nitrogens with zero attached hydrogens (tertiary/aromatic N) is 2. The summed E-state index contributed by atoms with van der Waals surface area (Å²) in [6.07, 6.45) is 0.631. The Morgan fingerprint density at radius 2 is 2.20 bits per heavy atom. The lowest BCUT2D eigenvalue weighted by molar-refractivity contribution is -0.126. The fourth-order valence-corrected chi connectivity index (χ4v) is 1.36. The van der Waals surface area contributed by atoms with Crippen molar-refractivity contribution in [3.8, 4) is 0 Å². The number of nitrogens with two attached hydrogens (primary N) is 1. The van der Waals surface area contributed by atoms with Crippen LogP contribution < -0.4 is 11.3 Å². The summed E-state index contributed by atoms with van der Waals surface area (Å²) in [5.74, 6) is 4.36. The maximum Gasteiger partial charge on any atom is 0.326 e. The van der Waals surface area contributed by atoms with Gasteiger partial charge in [-0.25, -0.2) is 10.6 Å². The van der Waals surface area contributed by atoms with Crippen molar-refractivity contribution in [2.45, 2.75) is 12.8 Å². The number of carbonyl (C=O) groups is 3. The van der Waals surface area contributed by atoms with E-state index in [4.69, 9.17) is 5.84 Å². The highest BCUT2D eigenvalue weighted by atomic mass is 16.2. The Labute approximate surface area is 87.2 Å². The van der Waals surface area contributed by atoms with Gasteiger partial charge in [0.2, 0.25) is 11.8 Å². The molecule has 0 aliphatic carbocycles. The summed E-state index contributed by atoms with van der Waals surface area (Å²) in [5.41, 5.74) is 1.98. The molecule has 7 heteroatoms. The number of hydrogen-bond donors (Lipinski definition) is 2. The van der Waals surface area contributed by atoms with Gasteiger partial charge in [-0.3, -0.25) is 19.9 Å². The van der Waals surface area contributed by atoms with Crippen LogP contribution in [0.2, 0.25) is 0 Å². The molecule has 15 heavy (non-hydrogen) atoms. The lowest BCUT2D eigenvalue weighted by Crippen LogP contribution is -2.34. The van der Waals surface area contributed by atoms with Gasteiger partial charge >= 0.3 is 6.03 Å². The molecule has 1 aliphatic heterocycles. The van der Waals surface area contributed by atoms with E-state index in [1.165, 1.54) is 4.90 Å². The second-order valence-electron chi connectivity index (χ2n) is 3.36. The molecule has 0 bridgehead atoms. The smallest absolute Gasteiger partial charge is 0.318 e. The third-order valence-electron chi connectivity index (χ3n) is 2.18. The van der Waals surface area contributed by atoms with Gasteiger partial charge in [-0.05, 0) is 6.42 Å². The summed E-state index contributed by atoms with van der Waals surface area (Å²) >= 11 is 0. The summed E-state index contributed by atoms with van der Waals surface area (Å²) in [7, 11) is 1.56. The van der Waals surface area contributed by atoms with Crippen molar-refractivity contribution in [1.29, 1.82) is 0 Å². The molecule has 1 saturated heterocycles. The standard InChI is InChI=1S/C8H14N4O3/c1-11-5-7(14)12(8(11)15)4-2-3-6(13)10-9/h2-5,9H2,1H3,(H,10,13). The van der Waals surface area contributed by atoms with Crippen molar-refractivity contribution < 1.29 is 14.4 Å². The molecule has 1 heterocycles. The number of rotatable bonds is 4. The summed E-state index contributed by atoms with van der Waals surface area (Å²) in [6.45, 7) is 0.372. The van der Waals surface area contributed by atoms with E-state index < -0.39 is 0 Å². The van der Waals surface area contributed by atoms with E-state index in [1.54, 1.807) is 7.05 Å². The molecule has 0 aromatic carbocycles. The topological polar surface area (TPSA) is 95.7 Å². The summed E-state index contributed by atoms with van der Waals surface area (Å²) in [6, 6.07) is -0.312. The molecule has 3 N–H and O–H groups in total. The molecule has 4 amide bonds. The Morgan fingerprint density at radius 3 is 2.67 bits per heavy atom. The van der Waals surface area contributed by atoms with Crippen molar-refractivity contribution in [3.05, 3.63) is 0 Å². The zero-order chi connectivity index (χ0) is 11.4. The average Bonchev–Trinajstić information content (AvgIpc) is 2.44. The summed E-state index contributed by atoms with van der Waals surface area (Å²) in [4.78, 5) is 35.9. The highest BCUT2D eigenvalue weighted by molar-refractivity contribution is 6.01. The van der Waals surface area contributed by atoms with E-state index in [-0.39, 0.29) is 37.4 Å². The van der Waals surface area contributed by atoms with Crippen molar-refractivity contribution in [2.24, 2.45) is 5.84 Å². The summed E-state index contributed by atoms with van der Waals surface area (Å²) in [5, 5.41) is 0. The normalized spacial score (nSPS) is 16.1. The first-order valence-corrected chi connectivity index (χ1v) is 4.61. The highest BCUT2D eigenvalue weighted by Gasteiger charge is 2.32. The first-order chi connectivity index (χ1) is 7.06. The molecule has 1 rings (SSSR count). The van der Waals surface area contributed by atoms with E-state index >= 15 is 0 Å². The second-order valence-corrected chi connectivity index (χ2v) is 3.36. The number of amides is 4. The van der Waals surface area contributed by atoms with E-state index in [0.717, 1.165) is 4.90 Å². The highest BCUT2D eigenvalue weighted by Crippen LogP contribution is 2.08. The first-order valence-electron chi connectivity index (χ1n) is 4.61. The van der Waals surface area contributed by atoms with Crippen LogP contribution in [0.4, 0.5) is 4.79 Å². The van der Waals surface area contributed by atoms with Gasteiger partial charge in [0, 0.05) is 20.0 Å². The molecule has 0 aromatic rings. The second kappa shape index (κ2) is 4.74. The molecule has 0 spiro atoms. The van der Waals surface area contributed by atoms with Crippen LogP contribution >= 0.6 is 0 Å². The molecule has 84 valence electrons. The SMILES string of the molecule is CN1CC(=O)N(CCCC(=O)NN)C1=O. The number of hydrazine groups is 1. The van der Waals surface area contributed by atoms with Gasteiger partial charge in [0.05, 0.1) is 0 Å². The maximum absolute atomic E-state index is 11.4. The minimum Gasteiger partial charge on any atom is -0.318 e. The molecule has 0 atom stereocenters. The molecule has 7 nitrogen and oxygen atoms in total. The molecule has 0 saturated carbocycles. The molecule has 0 radical (unpaired) electrons. The lowest BCUT2D eigenvalue weighted by atomic mass is 10.3. The number of urea groups is 1. The van der Waals surface area contributed by atoms with Gasteiger partial charge in [0.15, 0.2) is 0 Å². The Hall–Kier alpha value is -1.63. The zero-order valence-corrected chi connectivity index (χ0v) is 8.52. The van der Waals surface area contributed by atoms with Gasteiger partial charge in [-0.1, -0.05) is 0 Å². The van der Waals surface area contributed by atoms with Gasteiger partial charge in [0.25, 0.3) is 0 Å². The number of imide groups is 1. The third-order valence-corrected chi connectivity index (χ3v) is 2.18. The van der Waals surface area contributed by atoms with Gasteiger partial charge in [0.1, 0.15) is 6.54 Å². The van der Waals surface area contributed by atoms with Gasteiger partial charge in [-0.2, -0.15) is 0 Å². The molecular weight excluding hydrogens is 200 g/mol. The first kappa shape index (κ1) is 11.4. The van der Waals surface area contributed by atoms with Crippen molar-refractivity contribution in [2.75, 3.05) is 20.1 Å². The quantitative estimate of drug-likeness (QED) is 0.262. The fraction of sp³-hybridized carbons (Fsp3) is 0.625. The number of likely N-dealkylation sites (N-methyl/N-ethyl adjacent to an activating group) is 1. The van der Waals surface area contributed by atoms with Crippen LogP contribution in [0.15, 0.2) is 0 Å². The van der Waals surface area contributed by atoms with Gasteiger partial charge in [-0.15, -0.1) is 0 Å². The van der Waals surface area contributed by atoms with Crippen LogP contribution in [-0.4, -0.2) is 47.8 Å². The molecule has 0 unspecified atom stereocenters.